The molecule has 1 amide bonds. The Morgan fingerprint density at radius 2 is 2.58 bits per heavy atom. The highest BCUT2D eigenvalue weighted by Crippen LogP contribution is 2.02. The van der Waals surface area contributed by atoms with Gasteiger partial charge in [0.15, 0.2) is 0 Å². The van der Waals surface area contributed by atoms with Gasteiger partial charge in [-0.3, -0.25) is 4.79 Å². The molecular weight excluding hydrogens is 156 g/mol. The minimum atomic E-state index is -0.897. The highest BCUT2D eigenvalue weighted by Gasteiger charge is 2.15. The van der Waals surface area contributed by atoms with E-state index in [0.717, 1.165) is 13.0 Å². The summed E-state index contributed by atoms with van der Waals surface area (Å²) in [5.74, 6) is -0.288. The molecule has 0 aliphatic carbocycles. The molecule has 0 aromatic heterocycles. The Labute approximate surface area is 72.3 Å². The van der Waals surface area contributed by atoms with E-state index >= 15 is 0 Å². The molecule has 4 nitrogen and oxygen atoms in total. The van der Waals surface area contributed by atoms with Crippen LogP contribution in [0.15, 0.2) is 0 Å². The number of rotatable bonds is 3. The number of amides is 1. The minimum absolute atomic E-state index is 0.288. The Balaban J connectivity index is 2.12. The second-order valence-electron chi connectivity index (χ2n) is 3.21. The Morgan fingerprint density at radius 1 is 1.83 bits per heavy atom. The fourth-order valence-electron chi connectivity index (χ4n) is 1.30. The van der Waals surface area contributed by atoms with Gasteiger partial charge in [-0.2, -0.15) is 0 Å². The van der Waals surface area contributed by atoms with Gasteiger partial charge in [0.1, 0.15) is 6.10 Å². The molecule has 1 aliphatic rings. The van der Waals surface area contributed by atoms with Gasteiger partial charge in [-0.1, -0.05) is 0 Å². The highest BCUT2D eigenvalue weighted by molar-refractivity contribution is 5.79. The molecule has 1 fully saturated rings. The van der Waals surface area contributed by atoms with Crippen molar-refractivity contribution in [3.8, 4) is 0 Å². The summed E-state index contributed by atoms with van der Waals surface area (Å²) in [6.45, 7) is 3.14. The number of hydrogen-bond donors (Lipinski definition) is 3. The lowest BCUT2D eigenvalue weighted by molar-refractivity contribution is -0.128. The molecule has 70 valence electrons. The summed E-state index contributed by atoms with van der Waals surface area (Å²) in [6, 6.07) is 0.396. The zero-order valence-corrected chi connectivity index (χ0v) is 7.34. The van der Waals surface area contributed by atoms with Crippen molar-refractivity contribution < 1.29 is 9.90 Å². The standard InChI is InChI=1S/C8H16N2O2/c1-6(11)8(12)10-5-7-3-2-4-9-7/h6-7,9,11H,2-5H2,1H3,(H,10,12)/t6?,7-/m1/s1. The van der Waals surface area contributed by atoms with Crippen LogP contribution in [-0.2, 0) is 4.79 Å². The zero-order chi connectivity index (χ0) is 8.97. The van der Waals surface area contributed by atoms with Gasteiger partial charge in [0, 0.05) is 12.6 Å². The molecule has 0 bridgehead atoms. The van der Waals surface area contributed by atoms with Crippen molar-refractivity contribution in [2.75, 3.05) is 13.1 Å². The molecule has 0 aromatic rings. The number of aliphatic hydroxyl groups is 1. The lowest BCUT2D eigenvalue weighted by Gasteiger charge is -2.12. The smallest absolute Gasteiger partial charge is 0.248 e. The number of aliphatic hydroxyl groups excluding tert-OH is 1. The summed E-state index contributed by atoms with van der Waals surface area (Å²) < 4.78 is 0. The van der Waals surface area contributed by atoms with E-state index in [0.29, 0.717) is 12.6 Å². The third-order valence-corrected chi connectivity index (χ3v) is 2.06. The van der Waals surface area contributed by atoms with Crippen LogP contribution in [0.4, 0.5) is 0 Å². The maximum Gasteiger partial charge on any atom is 0.248 e. The minimum Gasteiger partial charge on any atom is -0.384 e. The van der Waals surface area contributed by atoms with Crippen molar-refractivity contribution in [2.45, 2.75) is 31.9 Å². The van der Waals surface area contributed by atoms with Gasteiger partial charge < -0.3 is 15.7 Å². The average molecular weight is 172 g/mol. The first-order valence-corrected chi connectivity index (χ1v) is 4.39. The highest BCUT2D eigenvalue weighted by atomic mass is 16.3. The van der Waals surface area contributed by atoms with E-state index in [-0.39, 0.29) is 5.91 Å². The average Bonchev–Trinajstić information content (AvgIpc) is 2.51. The normalized spacial score (nSPS) is 25.3. The van der Waals surface area contributed by atoms with E-state index in [1.165, 1.54) is 13.3 Å². The fraction of sp³-hybridized carbons (Fsp3) is 0.875. The molecule has 1 rings (SSSR count). The van der Waals surface area contributed by atoms with E-state index in [1.807, 2.05) is 0 Å². The van der Waals surface area contributed by atoms with Gasteiger partial charge in [0.25, 0.3) is 0 Å². The van der Waals surface area contributed by atoms with Crippen molar-refractivity contribution in [1.82, 2.24) is 10.6 Å². The van der Waals surface area contributed by atoms with Gasteiger partial charge in [-0.05, 0) is 26.3 Å². The maximum atomic E-state index is 10.9. The topological polar surface area (TPSA) is 61.4 Å². The molecule has 0 aromatic carbocycles. The summed E-state index contributed by atoms with van der Waals surface area (Å²) in [6.07, 6.45) is 1.39. The van der Waals surface area contributed by atoms with E-state index in [1.54, 1.807) is 0 Å². The molecule has 1 unspecified atom stereocenters. The van der Waals surface area contributed by atoms with Crippen LogP contribution in [0, 0.1) is 0 Å². The Kier molecular flexibility index (Phi) is 3.49. The monoisotopic (exact) mass is 172 g/mol. The lowest BCUT2D eigenvalue weighted by atomic mass is 10.2. The molecule has 3 N–H and O–H groups in total. The van der Waals surface area contributed by atoms with Crippen molar-refractivity contribution in [3.63, 3.8) is 0 Å². The Hall–Kier alpha value is -0.610. The molecule has 0 radical (unpaired) electrons. The number of hydrogen-bond acceptors (Lipinski definition) is 3. The third-order valence-electron chi connectivity index (χ3n) is 2.06. The largest absolute Gasteiger partial charge is 0.384 e. The molecule has 12 heavy (non-hydrogen) atoms. The van der Waals surface area contributed by atoms with Gasteiger partial charge in [0.2, 0.25) is 5.91 Å². The Bertz CT molecular complexity index is 153. The molecule has 1 heterocycles. The second-order valence-corrected chi connectivity index (χ2v) is 3.21. The van der Waals surface area contributed by atoms with Gasteiger partial charge in [0.05, 0.1) is 0 Å². The summed E-state index contributed by atoms with van der Waals surface area (Å²) in [5.41, 5.74) is 0. The van der Waals surface area contributed by atoms with E-state index < -0.39 is 6.10 Å². The SMILES string of the molecule is CC(O)C(=O)NC[C@H]1CCCN1. The van der Waals surface area contributed by atoms with Crippen molar-refractivity contribution in [2.24, 2.45) is 0 Å². The summed E-state index contributed by atoms with van der Waals surface area (Å²) in [7, 11) is 0. The van der Waals surface area contributed by atoms with Crippen molar-refractivity contribution >= 4 is 5.91 Å². The molecule has 1 saturated heterocycles. The van der Waals surface area contributed by atoms with Gasteiger partial charge in [-0.15, -0.1) is 0 Å². The third kappa shape index (κ3) is 2.79. The Morgan fingerprint density at radius 3 is 3.08 bits per heavy atom. The van der Waals surface area contributed by atoms with E-state index in [9.17, 15) is 4.79 Å². The zero-order valence-electron chi connectivity index (χ0n) is 7.34. The van der Waals surface area contributed by atoms with E-state index in [2.05, 4.69) is 10.6 Å². The molecule has 1 aliphatic heterocycles. The predicted molar refractivity (Wildman–Crippen MR) is 45.7 cm³/mol. The first-order valence-electron chi connectivity index (χ1n) is 4.39. The van der Waals surface area contributed by atoms with Crippen LogP contribution in [0.5, 0.6) is 0 Å². The van der Waals surface area contributed by atoms with Crippen LogP contribution in [0.2, 0.25) is 0 Å². The van der Waals surface area contributed by atoms with Gasteiger partial charge in [-0.25, -0.2) is 0 Å². The number of carbonyl (C=O) groups is 1. The maximum absolute atomic E-state index is 10.9. The van der Waals surface area contributed by atoms with Crippen LogP contribution in [0.1, 0.15) is 19.8 Å². The predicted octanol–water partition coefficient (Wildman–Crippen LogP) is -0.765. The lowest BCUT2D eigenvalue weighted by Crippen LogP contribution is -2.40. The van der Waals surface area contributed by atoms with Gasteiger partial charge >= 0.3 is 0 Å². The summed E-state index contributed by atoms with van der Waals surface area (Å²) >= 11 is 0. The first kappa shape index (κ1) is 9.48. The van der Waals surface area contributed by atoms with Crippen molar-refractivity contribution in [1.29, 1.82) is 0 Å². The number of carbonyl (C=O) groups excluding carboxylic acids is 1. The molecule has 4 heteroatoms. The summed E-state index contributed by atoms with van der Waals surface area (Å²) in [4.78, 5) is 10.9. The van der Waals surface area contributed by atoms with E-state index in [4.69, 9.17) is 5.11 Å². The van der Waals surface area contributed by atoms with Crippen LogP contribution in [0.3, 0.4) is 0 Å². The molecule has 0 saturated carbocycles. The number of nitrogens with one attached hydrogen (secondary N) is 2. The quantitative estimate of drug-likeness (QED) is 0.524. The van der Waals surface area contributed by atoms with Crippen LogP contribution >= 0.6 is 0 Å². The molecule has 0 spiro atoms. The van der Waals surface area contributed by atoms with Crippen LogP contribution < -0.4 is 10.6 Å². The first-order chi connectivity index (χ1) is 5.70. The summed E-state index contributed by atoms with van der Waals surface area (Å²) in [5, 5.41) is 14.8. The van der Waals surface area contributed by atoms with Crippen molar-refractivity contribution in [3.05, 3.63) is 0 Å². The molecular formula is C8H16N2O2. The van der Waals surface area contributed by atoms with Crippen LogP contribution in [0.25, 0.3) is 0 Å². The second kappa shape index (κ2) is 4.42. The van der Waals surface area contributed by atoms with Crippen LogP contribution in [-0.4, -0.2) is 36.2 Å². The fourth-order valence-corrected chi connectivity index (χ4v) is 1.30. The molecule has 2 atom stereocenters.